The van der Waals surface area contributed by atoms with Crippen LogP contribution in [0.2, 0.25) is 0 Å². The summed E-state index contributed by atoms with van der Waals surface area (Å²) in [6.45, 7) is 0.695. The zero-order chi connectivity index (χ0) is 15.4. The monoisotopic (exact) mass is 295 g/mol. The number of alkyl halides is 3. The van der Waals surface area contributed by atoms with Gasteiger partial charge in [0.2, 0.25) is 5.91 Å². The first-order valence-electron chi connectivity index (χ1n) is 5.81. The zero-order valence-electron chi connectivity index (χ0n) is 11.1. The highest BCUT2D eigenvalue weighted by molar-refractivity contribution is 5.77. The minimum atomic E-state index is -4.47. The Morgan fingerprint density at radius 2 is 2.10 bits per heavy atom. The van der Waals surface area contributed by atoms with Gasteiger partial charge in [-0.1, -0.05) is 0 Å². The van der Waals surface area contributed by atoms with Crippen molar-refractivity contribution in [2.45, 2.75) is 25.6 Å². The molecule has 1 aromatic rings. The summed E-state index contributed by atoms with van der Waals surface area (Å²) in [5.74, 6) is 0.101. The Kier molecular flexibility index (Phi) is 5.18. The second-order valence-electron chi connectivity index (χ2n) is 4.57. The third-order valence-corrected chi connectivity index (χ3v) is 2.40. The van der Waals surface area contributed by atoms with Gasteiger partial charge in [-0.15, -0.1) is 0 Å². The van der Waals surface area contributed by atoms with E-state index in [4.69, 9.17) is 4.42 Å². The molecule has 1 rings (SSSR count). The minimum absolute atomic E-state index is 0.200. The van der Waals surface area contributed by atoms with Crippen LogP contribution in [0.15, 0.2) is 16.5 Å². The van der Waals surface area contributed by atoms with Gasteiger partial charge in [0.25, 0.3) is 0 Å². The number of carbonyl (C=O) groups is 1. The molecule has 0 aliphatic carbocycles. The van der Waals surface area contributed by atoms with Crippen LogP contribution >= 0.6 is 0 Å². The summed E-state index contributed by atoms with van der Waals surface area (Å²) in [6.07, 6.45) is -4.47. The number of hydrogen-bond acceptors (Lipinski definition) is 4. The van der Waals surface area contributed by atoms with Crippen molar-refractivity contribution in [2.24, 2.45) is 0 Å². The normalized spacial score (nSPS) is 14.9. The molecular formula is C12H16F3NO4. The van der Waals surface area contributed by atoms with E-state index in [2.05, 4.69) is 10.1 Å². The molecule has 0 fully saturated rings. The molecule has 1 unspecified atom stereocenters. The number of rotatable bonds is 6. The second kappa shape index (κ2) is 6.27. The predicted octanol–water partition coefficient (Wildman–Crippen LogP) is 1.49. The molecule has 2 N–H and O–H groups in total. The molecule has 1 aromatic heterocycles. The maximum Gasteiger partial charge on any atom is 0.411 e. The minimum Gasteiger partial charge on any atom is -0.463 e. The molecule has 0 spiro atoms. The van der Waals surface area contributed by atoms with E-state index in [9.17, 15) is 23.1 Å². The van der Waals surface area contributed by atoms with Gasteiger partial charge in [-0.25, -0.2) is 0 Å². The van der Waals surface area contributed by atoms with Crippen molar-refractivity contribution in [1.82, 2.24) is 5.32 Å². The number of hydrogen-bond donors (Lipinski definition) is 2. The molecule has 20 heavy (non-hydrogen) atoms. The average molecular weight is 295 g/mol. The fraction of sp³-hybridized carbons (Fsp3) is 0.583. The maximum atomic E-state index is 11.8. The zero-order valence-corrected chi connectivity index (χ0v) is 11.1. The quantitative estimate of drug-likeness (QED) is 0.834. The molecule has 114 valence electrons. The van der Waals surface area contributed by atoms with Gasteiger partial charge in [-0.2, -0.15) is 13.2 Å². The summed E-state index contributed by atoms with van der Waals surface area (Å²) in [5.41, 5.74) is -1.45. The first-order valence-corrected chi connectivity index (χ1v) is 5.81. The number of aliphatic hydroxyl groups is 1. The van der Waals surface area contributed by atoms with Crippen molar-refractivity contribution in [3.8, 4) is 0 Å². The van der Waals surface area contributed by atoms with Gasteiger partial charge >= 0.3 is 6.18 Å². The van der Waals surface area contributed by atoms with Crippen molar-refractivity contribution in [3.63, 3.8) is 0 Å². The molecule has 1 amide bonds. The number of furan rings is 1. The lowest BCUT2D eigenvalue weighted by atomic mass is 10.0. The molecule has 0 radical (unpaired) electrons. The van der Waals surface area contributed by atoms with Gasteiger partial charge in [-0.05, 0) is 26.0 Å². The van der Waals surface area contributed by atoms with E-state index >= 15 is 0 Å². The molecule has 0 aliphatic heterocycles. The maximum absolute atomic E-state index is 11.8. The first-order chi connectivity index (χ1) is 9.10. The highest BCUT2D eigenvalue weighted by atomic mass is 19.4. The van der Waals surface area contributed by atoms with E-state index in [1.54, 1.807) is 19.1 Å². The van der Waals surface area contributed by atoms with Crippen molar-refractivity contribution in [3.05, 3.63) is 23.7 Å². The summed E-state index contributed by atoms with van der Waals surface area (Å²) >= 11 is 0. The van der Waals surface area contributed by atoms with Crippen LogP contribution in [0.3, 0.4) is 0 Å². The van der Waals surface area contributed by atoms with Gasteiger partial charge in [0.1, 0.15) is 30.3 Å². The molecule has 1 heterocycles. The number of halogens is 3. The van der Waals surface area contributed by atoms with Crippen molar-refractivity contribution in [2.75, 3.05) is 19.8 Å². The molecule has 8 heteroatoms. The van der Waals surface area contributed by atoms with E-state index in [-0.39, 0.29) is 12.3 Å². The van der Waals surface area contributed by atoms with Crippen LogP contribution in [0.5, 0.6) is 0 Å². The second-order valence-corrected chi connectivity index (χ2v) is 4.57. The van der Waals surface area contributed by atoms with Gasteiger partial charge in [0, 0.05) is 0 Å². The van der Waals surface area contributed by atoms with Crippen LogP contribution < -0.4 is 5.32 Å². The highest BCUT2D eigenvalue weighted by Crippen LogP contribution is 2.21. The Labute approximate surface area is 113 Å². The smallest absolute Gasteiger partial charge is 0.411 e. The van der Waals surface area contributed by atoms with Crippen LogP contribution in [0.25, 0.3) is 0 Å². The van der Waals surface area contributed by atoms with E-state index in [0.29, 0.717) is 5.76 Å². The number of ether oxygens (including phenoxy) is 1. The van der Waals surface area contributed by atoms with Crippen LogP contribution in [0.1, 0.15) is 18.4 Å². The molecule has 0 aromatic carbocycles. The van der Waals surface area contributed by atoms with Gasteiger partial charge in [0.05, 0.1) is 6.54 Å². The van der Waals surface area contributed by atoms with Gasteiger partial charge in [-0.3, -0.25) is 4.79 Å². The number of aryl methyl sites for hydroxylation is 1. The molecule has 0 bridgehead atoms. The van der Waals surface area contributed by atoms with E-state index < -0.39 is 30.9 Å². The van der Waals surface area contributed by atoms with Gasteiger partial charge < -0.3 is 19.6 Å². The van der Waals surface area contributed by atoms with Crippen LogP contribution in [-0.4, -0.2) is 36.9 Å². The summed E-state index contributed by atoms with van der Waals surface area (Å²) < 4.78 is 44.8. The number of carbonyl (C=O) groups excluding carboxylic acids is 1. The Balaban J connectivity index is 2.37. The Bertz CT molecular complexity index is 454. The first kappa shape index (κ1) is 16.5. The topological polar surface area (TPSA) is 71.7 Å². The third kappa shape index (κ3) is 5.62. The van der Waals surface area contributed by atoms with Crippen molar-refractivity contribution in [1.29, 1.82) is 0 Å². The van der Waals surface area contributed by atoms with E-state index in [1.165, 1.54) is 6.92 Å². The standard InChI is InChI=1S/C12H16F3NO4/c1-8-3-4-9(20-8)11(2,18)6-16-10(17)5-19-7-12(13,14)15/h3-4,18H,5-7H2,1-2H3,(H,16,17). The Morgan fingerprint density at radius 3 is 2.60 bits per heavy atom. The van der Waals surface area contributed by atoms with Gasteiger partial charge in [0.15, 0.2) is 0 Å². The lowest BCUT2D eigenvalue weighted by Gasteiger charge is -2.21. The SMILES string of the molecule is Cc1ccc(C(C)(O)CNC(=O)COCC(F)(F)F)o1. The lowest BCUT2D eigenvalue weighted by molar-refractivity contribution is -0.175. The highest BCUT2D eigenvalue weighted by Gasteiger charge is 2.29. The van der Waals surface area contributed by atoms with Crippen LogP contribution in [0.4, 0.5) is 13.2 Å². The summed E-state index contributed by atoms with van der Waals surface area (Å²) in [7, 11) is 0. The summed E-state index contributed by atoms with van der Waals surface area (Å²) in [6, 6.07) is 3.21. The van der Waals surface area contributed by atoms with Crippen molar-refractivity contribution < 1.29 is 32.2 Å². The molecule has 5 nitrogen and oxygen atoms in total. The molecular weight excluding hydrogens is 279 g/mol. The average Bonchev–Trinajstić information content (AvgIpc) is 2.72. The largest absolute Gasteiger partial charge is 0.463 e. The number of nitrogens with one attached hydrogen (secondary N) is 1. The molecule has 0 saturated heterocycles. The third-order valence-electron chi connectivity index (χ3n) is 2.40. The molecule has 0 saturated carbocycles. The fourth-order valence-corrected chi connectivity index (χ4v) is 1.39. The fourth-order valence-electron chi connectivity index (χ4n) is 1.39. The van der Waals surface area contributed by atoms with Crippen molar-refractivity contribution >= 4 is 5.91 Å². The van der Waals surface area contributed by atoms with Crippen LogP contribution in [0, 0.1) is 6.92 Å². The summed E-state index contributed by atoms with van der Waals surface area (Å²) in [4.78, 5) is 11.3. The predicted molar refractivity (Wildman–Crippen MR) is 62.9 cm³/mol. The van der Waals surface area contributed by atoms with E-state index in [1.807, 2.05) is 0 Å². The Morgan fingerprint density at radius 1 is 1.45 bits per heavy atom. The Hall–Kier alpha value is -1.54. The molecule has 0 aliphatic rings. The number of amides is 1. The summed E-state index contributed by atoms with van der Waals surface area (Å²) in [5, 5.41) is 12.3. The van der Waals surface area contributed by atoms with E-state index in [0.717, 1.165) is 0 Å². The van der Waals surface area contributed by atoms with Crippen LogP contribution in [-0.2, 0) is 15.1 Å². The lowest BCUT2D eigenvalue weighted by Crippen LogP contribution is -2.40. The molecule has 1 atom stereocenters.